The van der Waals surface area contributed by atoms with Crippen LogP contribution >= 0.6 is 0 Å². The predicted molar refractivity (Wildman–Crippen MR) is 88.9 cm³/mol. The van der Waals surface area contributed by atoms with Gasteiger partial charge in [-0.2, -0.15) is 18.6 Å². The summed E-state index contributed by atoms with van der Waals surface area (Å²) in [6.45, 7) is 4.89. The topological polar surface area (TPSA) is 109 Å². The van der Waals surface area contributed by atoms with Gasteiger partial charge in [-0.1, -0.05) is 0 Å². The number of ether oxygens (including phenoxy) is 1. The fourth-order valence-electron chi connectivity index (χ4n) is 2.75. The molecule has 0 aromatic carbocycles. The van der Waals surface area contributed by atoms with Gasteiger partial charge in [-0.3, -0.25) is 4.68 Å². The Morgan fingerprint density at radius 2 is 1.84 bits per heavy atom. The summed E-state index contributed by atoms with van der Waals surface area (Å²) in [6, 6.07) is 1.55. The lowest BCUT2D eigenvalue weighted by Gasteiger charge is -2.06. The molecule has 25 heavy (non-hydrogen) atoms. The van der Waals surface area contributed by atoms with Crippen LogP contribution in [0.4, 0.5) is 0 Å². The smallest absolute Gasteiger partial charge is 0.338 e. The highest BCUT2D eigenvalue weighted by Gasteiger charge is 2.29. The van der Waals surface area contributed by atoms with Gasteiger partial charge in [0.15, 0.2) is 5.65 Å². The highest BCUT2D eigenvalue weighted by Crippen LogP contribution is 2.26. The summed E-state index contributed by atoms with van der Waals surface area (Å²) >= 11 is 0. The fourth-order valence-corrected chi connectivity index (χ4v) is 4.22. The van der Waals surface area contributed by atoms with Crippen molar-refractivity contribution in [2.24, 2.45) is 7.05 Å². The highest BCUT2D eigenvalue weighted by atomic mass is 32.2. The number of hydrogen-bond donors (Lipinski definition) is 0. The standard InChI is InChI=1S/C15H17N5O4S/c1-8-6-11(15(21)24-5)13-10(3)18-20(14(13)16-8)25(22,23)12-7-19(4)17-9(12)2/h6-7H,1-5H3. The quantitative estimate of drug-likeness (QED) is 0.641. The van der Waals surface area contributed by atoms with Crippen molar-refractivity contribution in [1.82, 2.24) is 24.0 Å². The first kappa shape index (κ1) is 17.1. The van der Waals surface area contributed by atoms with E-state index in [9.17, 15) is 13.2 Å². The normalized spacial score (nSPS) is 11.9. The molecular weight excluding hydrogens is 346 g/mol. The third kappa shape index (κ3) is 2.58. The van der Waals surface area contributed by atoms with Gasteiger partial charge in [0.05, 0.1) is 29.4 Å². The van der Waals surface area contributed by atoms with Crippen molar-refractivity contribution in [3.05, 3.63) is 34.9 Å². The van der Waals surface area contributed by atoms with Gasteiger partial charge in [-0.05, 0) is 26.8 Å². The lowest BCUT2D eigenvalue weighted by atomic mass is 10.1. The summed E-state index contributed by atoms with van der Waals surface area (Å²) in [5.41, 5.74) is 1.51. The molecule has 0 saturated carbocycles. The van der Waals surface area contributed by atoms with Crippen LogP contribution in [0.2, 0.25) is 0 Å². The van der Waals surface area contributed by atoms with Crippen molar-refractivity contribution >= 4 is 27.0 Å². The first-order valence-electron chi connectivity index (χ1n) is 7.38. The van der Waals surface area contributed by atoms with Crippen LogP contribution in [-0.2, 0) is 21.8 Å². The maximum absolute atomic E-state index is 13.0. The third-order valence-electron chi connectivity index (χ3n) is 3.79. The second kappa shape index (κ2) is 5.66. The molecule has 132 valence electrons. The Labute approximate surface area is 144 Å². The Balaban J connectivity index is 2.37. The molecule has 10 heteroatoms. The summed E-state index contributed by atoms with van der Waals surface area (Å²) in [6.07, 6.45) is 1.41. The Morgan fingerprint density at radius 1 is 1.16 bits per heavy atom. The molecule has 0 atom stereocenters. The molecule has 0 unspecified atom stereocenters. The summed E-state index contributed by atoms with van der Waals surface area (Å²) in [7, 11) is -1.11. The average Bonchev–Trinajstić information content (AvgIpc) is 3.06. The zero-order valence-corrected chi connectivity index (χ0v) is 15.2. The van der Waals surface area contributed by atoms with Crippen LogP contribution in [0.1, 0.15) is 27.4 Å². The van der Waals surface area contributed by atoms with E-state index < -0.39 is 16.0 Å². The van der Waals surface area contributed by atoms with E-state index in [1.807, 2.05) is 0 Å². The molecule has 0 saturated heterocycles. The first-order chi connectivity index (χ1) is 11.7. The number of carbonyl (C=O) groups excluding carboxylic acids is 1. The van der Waals surface area contributed by atoms with Crippen molar-refractivity contribution in [2.45, 2.75) is 25.7 Å². The van der Waals surface area contributed by atoms with E-state index in [4.69, 9.17) is 4.74 Å². The summed E-state index contributed by atoms with van der Waals surface area (Å²) < 4.78 is 33.2. The predicted octanol–water partition coefficient (Wildman–Crippen LogP) is 1.11. The van der Waals surface area contributed by atoms with Crippen molar-refractivity contribution < 1.29 is 17.9 Å². The van der Waals surface area contributed by atoms with Crippen molar-refractivity contribution in [3.63, 3.8) is 0 Å². The van der Waals surface area contributed by atoms with Gasteiger partial charge in [0.2, 0.25) is 0 Å². The Kier molecular flexibility index (Phi) is 3.87. The van der Waals surface area contributed by atoms with Crippen molar-refractivity contribution in [3.8, 4) is 0 Å². The number of aromatic nitrogens is 5. The maximum Gasteiger partial charge on any atom is 0.338 e. The van der Waals surface area contributed by atoms with Gasteiger partial charge in [0, 0.05) is 18.9 Å². The molecule has 0 bridgehead atoms. The van der Waals surface area contributed by atoms with E-state index >= 15 is 0 Å². The number of esters is 1. The zero-order valence-electron chi connectivity index (χ0n) is 14.4. The minimum absolute atomic E-state index is 0.0299. The number of aryl methyl sites for hydroxylation is 4. The van der Waals surface area contributed by atoms with E-state index in [1.54, 1.807) is 33.9 Å². The first-order valence-corrected chi connectivity index (χ1v) is 8.82. The summed E-state index contributed by atoms with van der Waals surface area (Å²) in [5, 5.41) is 8.55. The number of pyridine rings is 1. The van der Waals surface area contributed by atoms with Gasteiger partial charge in [0.1, 0.15) is 4.90 Å². The Hall–Kier alpha value is -2.75. The molecule has 0 aliphatic heterocycles. The number of carbonyl (C=O) groups is 1. The van der Waals surface area contributed by atoms with Gasteiger partial charge < -0.3 is 4.74 Å². The van der Waals surface area contributed by atoms with Crippen LogP contribution in [0, 0.1) is 20.8 Å². The zero-order chi connectivity index (χ0) is 18.5. The van der Waals surface area contributed by atoms with Crippen molar-refractivity contribution in [1.29, 1.82) is 0 Å². The SMILES string of the molecule is COC(=O)c1cc(C)nc2c1c(C)nn2S(=O)(=O)c1cn(C)nc1C. The van der Waals surface area contributed by atoms with Crippen LogP contribution in [0.25, 0.3) is 11.0 Å². The number of methoxy groups -OCH3 is 1. The van der Waals surface area contributed by atoms with E-state index in [-0.39, 0.29) is 16.1 Å². The molecule has 0 N–H and O–H groups in total. The van der Waals surface area contributed by atoms with Gasteiger partial charge in [-0.15, -0.1) is 4.09 Å². The van der Waals surface area contributed by atoms with Crippen molar-refractivity contribution in [2.75, 3.05) is 7.11 Å². The molecule has 0 aliphatic carbocycles. The molecule has 0 amide bonds. The molecule has 9 nitrogen and oxygen atoms in total. The maximum atomic E-state index is 13.0. The summed E-state index contributed by atoms with van der Waals surface area (Å²) in [5.74, 6) is -0.576. The highest BCUT2D eigenvalue weighted by molar-refractivity contribution is 7.90. The van der Waals surface area contributed by atoms with Crippen LogP contribution < -0.4 is 0 Å². The van der Waals surface area contributed by atoms with Gasteiger partial charge in [-0.25, -0.2) is 9.78 Å². The minimum atomic E-state index is -4.01. The Bertz CT molecular complexity index is 1110. The largest absolute Gasteiger partial charge is 0.465 e. The molecule has 3 rings (SSSR count). The molecule has 3 aromatic heterocycles. The molecule has 0 spiro atoms. The molecule has 0 fully saturated rings. The molecule has 0 radical (unpaired) electrons. The number of nitrogens with zero attached hydrogens (tertiary/aromatic N) is 5. The second-order valence-corrected chi connectivity index (χ2v) is 7.42. The van der Waals surface area contributed by atoms with Gasteiger partial charge >= 0.3 is 5.97 Å². The Morgan fingerprint density at radius 3 is 2.40 bits per heavy atom. The summed E-state index contributed by atoms with van der Waals surface area (Å²) in [4.78, 5) is 16.4. The molecular formula is C15H17N5O4S. The van der Waals surface area contributed by atoms with Crippen LogP contribution in [0.3, 0.4) is 0 Å². The van der Waals surface area contributed by atoms with Crippen LogP contribution in [0.15, 0.2) is 17.2 Å². The van der Waals surface area contributed by atoms with Crippen LogP contribution in [0.5, 0.6) is 0 Å². The van der Waals surface area contributed by atoms with E-state index in [2.05, 4.69) is 15.2 Å². The van der Waals surface area contributed by atoms with Gasteiger partial charge in [0.25, 0.3) is 10.0 Å². The number of rotatable bonds is 3. The minimum Gasteiger partial charge on any atom is -0.465 e. The average molecular weight is 363 g/mol. The second-order valence-electron chi connectivity index (χ2n) is 5.69. The van der Waals surface area contributed by atoms with E-state index in [0.717, 1.165) is 4.09 Å². The lowest BCUT2D eigenvalue weighted by molar-refractivity contribution is 0.0602. The van der Waals surface area contributed by atoms with E-state index in [1.165, 1.54) is 18.0 Å². The molecule has 0 aliphatic rings. The fraction of sp³-hybridized carbons (Fsp3) is 0.333. The van der Waals surface area contributed by atoms with Crippen LogP contribution in [-0.4, -0.2) is 45.4 Å². The molecule has 3 aromatic rings. The molecule has 3 heterocycles. The third-order valence-corrected chi connectivity index (χ3v) is 5.46. The number of hydrogen-bond acceptors (Lipinski definition) is 7. The lowest BCUT2D eigenvalue weighted by Crippen LogP contribution is -2.16. The monoisotopic (exact) mass is 363 g/mol. The van der Waals surface area contributed by atoms with E-state index in [0.29, 0.717) is 22.5 Å². The number of fused-ring (bicyclic) bond motifs is 1.